The number of aliphatic carboxylic acids is 1. The van der Waals surface area contributed by atoms with Crippen LogP contribution in [-0.4, -0.2) is 30.6 Å². The Morgan fingerprint density at radius 3 is 2.74 bits per heavy atom. The van der Waals surface area contributed by atoms with Crippen LogP contribution in [0.4, 0.5) is 0 Å². The van der Waals surface area contributed by atoms with Gasteiger partial charge >= 0.3 is 5.97 Å². The van der Waals surface area contributed by atoms with E-state index in [1.165, 1.54) is 0 Å². The lowest BCUT2D eigenvalue weighted by Gasteiger charge is -2.03. The predicted octanol–water partition coefficient (Wildman–Crippen LogP) is 1.10. The summed E-state index contributed by atoms with van der Waals surface area (Å²) in [7, 11) is 1.89. The van der Waals surface area contributed by atoms with Gasteiger partial charge in [0.2, 0.25) is 0 Å². The fraction of sp³-hybridized carbons (Fsp3) is 0.462. The van der Waals surface area contributed by atoms with Crippen LogP contribution in [-0.2, 0) is 31.2 Å². The second-order valence-corrected chi connectivity index (χ2v) is 4.72. The van der Waals surface area contributed by atoms with Crippen molar-refractivity contribution in [2.45, 2.75) is 33.2 Å². The highest BCUT2D eigenvalue weighted by atomic mass is 16.4. The average Bonchev–Trinajstić information content (AvgIpc) is 2.85. The van der Waals surface area contributed by atoms with Gasteiger partial charge in [0.1, 0.15) is 0 Å². The van der Waals surface area contributed by atoms with Crippen molar-refractivity contribution in [2.24, 2.45) is 7.05 Å². The molecule has 0 aliphatic heterocycles. The van der Waals surface area contributed by atoms with E-state index < -0.39 is 5.97 Å². The van der Waals surface area contributed by atoms with E-state index in [1.807, 2.05) is 38.0 Å². The maximum absolute atomic E-state index is 10.8. The number of rotatable bonds is 5. The van der Waals surface area contributed by atoms with Crippen LogP contribution in [0.3, 0.4) is 0 Å². The van der Waals surface area contributed by atoms with Crippen molar-refractivity contribution >= 4 is 5.97 Å². The van der Waals surface area contributed by atoms with Crippen LogP contribution in [0.15, 0.2) is 12.4 Å². The van der Waals surface area contributed by atoms with E-state index in [9.17, 15) is 4.79 Å². The Labute approximate surface area is 111 Å². The van der Waals surface area contributed by atoms with Gasteiger partial charge in [-0.15, -0.1) is 0 Å². The first-order valence-electron chi connectivity index (χ1n) is 6.19. The first-order valence-corrected chi connectivity index (χ1v) is 6.19. The van der Waals surface area contributed by atoms with E-state index in [-0.39, 0.29) is 6.42 Å². The Balaban J connectivity index is 2.10. The van der Waals surface area contributed by atoms with Crippen molar-refractivity contribution in [1.29, 1.82) is 0 Å². The molecule has 0 atom stereocenters. The van der Waals surface area contributed by atoms with Gasteiger partial charge < -0.3 is 5.11 Å². The summed E-state index contributed by atoms with van der Waals surface area (Å²) < 4.78 is 3.65. The molecule has 2 aromatic heterocycles. The maximum atomic E-state index is 10.8. The minimum absolute atomic E-state index is 0.0323. The van der Waals surface area contributed by atoms with Gasteiger partial charge in [-0.25, -0.2) is 0 Å². The molecular weight excluding hydrogens is 244 g/mol. The fourth-order valence-electron chi connectivity index (χ4n) is 2.19. The summed E-state index contributed by atoms with van der Waals surface area (Å²) in [6, 6.07) is 0. The lowest BCUT2D eigenvalue weighted by molar-refractivity contribution is -0.136. The summed E-state index contributed by atoms with van der Waals surface area (Å²) in [5, 5.41) is 17.4. The lowest BCUT2D eigenvalue weighted by atomic mass is 10.1. The molecule has 0 amide bonds. The molecule has 0 aliphatic carbocycles. The predicted molar refractivity (Wildman–Crippen MR) is 70.0 cm³/mol. The molecule has 19 heavy (non-hydrogen) atoms. The Kier molecular flexibility index (Phi) is 3.69. The number of carboxylic acid groups (broad SMARTS) is 1. The minimum Gasteiger partial charge on any atom is -0.481 e. The van der Waals surface area contributed by atoms with E-state index in [0.29, 0.717) is 0 Å². The number of aryl methyl sites for hydroxylation is 4. The summed E-state index contributed by atoms with van der Waals surface area (Å²) in [5.41, 5.74) is 3.70. The van der Waals surface area contributed by atoms with Crippen LogP contribution in [0.5, 0.6) is 0 Å². The molecule has 0 fully saturated rings. The van der Waals surface area contributed by atoms with E-state index >= 15 is 0 Å². The second kappa shape index (κ2) is 5.26. The van der Waals surface area contributed by atoms with Crippen molar-refractivity contribution in [2.75, 3.05) is 0 Å². The van der Waals surface area contributed by atoms with Crippen molar-refractivity contribution in [3.05, 3.63) is 34.9 Å². The molecule has 2 rings (SSSR count). The molecule has 0 radical (unpaired) electrons. The van der Waals surface area contributed by atoms with E-state index in [2.05, 4.69) is 10.2 Å². The van der Waals surface area contributed by atoms with Gasteiger partial charge in [0, 0.05) is 31.0 Å². The second-order valence-electron chi connectivity index (χ2n) is 4.72. The molecule has 102 valence electrons. The zero-order valence-electron chi connectivity index (χ0n) is 11.4. The Hall–Kier alpha value is -2.11. The van der Waals surface area contributed by atoms with Crippen LogP contribution in [0, 0.1) is 13.8 Å². The van der Waals surface area contributed by atoms with Gasteiger partial charge in [0.25, 0.3) is 0 Å². The largest absolute Gasteiger partial charge is 0.481 e. The number of hydrogen-bond donors (Lipinski definition) is 1. The van der Waals surface area contributed by atoms with E-state index in [0.717, 1.165) is 35.5 Å². The molecule has 0 saturated heterocycles. The number of aromatic nitrogens is 4. The van der Waals surface area contributed by atoms with Crippen molar-refractivity contribution < 1.29 is 9.90 Å². The van der Waals surface area contributed by atoms with Gasteiger partial charge in [-0.05, 0) is 25.8 Å². The average molecular weight is 262 g/mol. The number of hydrogen-bond acceptors (Lipinski definition) is 3. The van der Waals surface area contributed by atoms with Crippen LogP contribution < -0.4 is 0 Å². The van der Waals surface area contributed by atoms with Crippen molar-refractivity contribution in [1.82, 2.24) is 19.6 Å². The molecule has 0 unspecified atom stereocenters. The van der Waals surface area contributed by atoms with E-state index in [4.69, 9.17) is 5.11 Å². The molecule has 1 N–H and O–H groups in total. The fourth-order valence-corrected chi connectivity index (χ4v) is 2.19. The van der Waals surface area contributed by atoms with Gasteiger partial charge in [0.15, 0.2) is 0 Å². The van der Waals surface area contributed by atoms with Gasteiger partial charge in [-0.3, -0.25) is 14.2 Å². The monoisotopic (exact) mass is 262 g/mol. The van der Waals surface area contributed by atoms with Crippen LogP contribution in [0.2, 0.25) is 0 Å². The highest BCUT2D eigenvalue weighted by Gasteiger charge is 2.14. The number of carboxylic acids is 1. The van der Waals surface area contributed by atoms with Gasteiger partial charge in [0.05, 0.1) is 18.3 Å². The zero-order chi connectivity index (χ0) is 14.0. The third-order valence-electron chi connectivity index (χ3n) is 3.23. The molecular formula is C13H18N4O2. The molecule has 2 heterocycles. The molecule has 6 nitrogen and oxygen atoms in total. The van der Waals surface area contributed by atoms with Gasteiger partial charge in [-0.2, -0.15) is 10.2 Å². The Morgan fingerprint density at radius 2 is 2.16 bits per heavy atom. The first kappa shape index (κ1) is 13.3. The molecule has 0 aromatic carbocycles. The number of nitrogens with zero attached hydrogens (tertiary/aromatic N) is 4. The summed E-state index contributed by atoms with van der Waals surface area (Å²) in [5.74, 6) is -0.821. The van der Waals surface area contributed by atoms with Crippen LogP contribution in [0.25, 0.3) is 0 Å². The van der Waals surface area contributed by atoms with Crippen molar-refractivity contribution in [3.63, 3.8) is 0 Å². The van der Waals surface area contributed by atoms with Crippen LogP contribution >= 0.6 is 0 Å². The molecule has 2 aromatic rings. The summed E-state index contributed by atoms with van der Waals surface area (Å²) in [6.07, 6.45) is 4.68. The summed E-state index contributed by atoms with van der Waals surface area (Å²) in [6.45, 7) is 4.51. The lowest BCUT2D eigenvalue weighted by Crippen LogP contribution is -2.06. The third kappa shape index (κ3) is 3.01. The normalized spacial score (nSPS) is 10.9. The minimum atomic E-state index is -0.821. The summed E-state index contributed by atoms with van der Waals surface area (Å²) >= 11 is 0. The standard InChI is InChI=1S/C13H18N4O2/c1-9-12(6-13(18)19)10(2)17(15-9)5-4-11-7-14-16(3)8-11/h7-8H,4-6H2,1-3H3,(H,18,19). The summed E-state index contributed by atoms with van der Waals surface area (Å²) in [4.78, 5) is 10.8. The Bertz CT molecular complexity index is 598. The van der Waals surface area contributed by atoms with E-state index in [1.54, 1.807) is 4.68 Å². The smallest absolute Gasteiger partial charge is 0.307 e. The highest BCUT2D eigenvalue weighted by Crippen LogP contribution is 2.14. The molecule has 0 spiro atoms. The molecule has 0 saturated carbocycles. The molecule has 6 heteroatoms. The van der Waals surface area contributed by atoms with Gasteiger partial charge in [-0.1, -0.05) is 0 Å². The SMILES string of the molecule is Cc1nn(CCc2cnn(C)c2)c(C)c1CC(=O)O. The van der Waals surface area contributed by atoms with Crippen LogP contribution in [0.1, 0.15) is 22.5 Å². The topological polar surface area (TPSA) is 72.9 Å². The maximum Gasteiger partial charge on any atom is 0.307 e. The molecule has 0 bridgehead atoms. The Morgan fingerprint density at radius 1 is 1.42 bits per heavy atom. The molecule has 0 aliphatic rings. The highest BCUT2D eigenvalue weighted by molar-refractivity contribution is 5.70. The first-order chi connectivity index (χ1) is 8.97. The quantitative estimate of drug-likeness (QED) is 0.875. The number of carbonyl (C=O) groups is 1. The zero-order valence-corrected chi connectivity index (χ0v) is 11.4. The third-order valence-corrected chi connectivity index (χ3v) is 3.23. The van der Waals surface area contributed by atoms with Crippen molar-refractivity contribution in [3.8, 4) is 0 Å².